The van der Waals surface area contributed by atoms with Gasteiger partial charge in [0.1, 0.15) is 0 Å². The highest BCUT2D eigenvalue weighted by Gasteiger charge is 2.44. The van der Waals surface area contributed by atoms with Gasteiger partial charge in [0.15, 0.2) is 0 Å². The summed E-state index contributed by atoms with van der Waals surface area (Å²) in [5.41, 5.74) is -0.397. The molecule has 3 heterocycles. The molecule has 6 nitrogen and oxygen atoms in total. The van der Waals surface area contributed by atoms with Crippen molar-refractivity contribution < 1.29 is 17.9 Å². The molecular formula is C15H22N2O4S2. The first-order valence-corrected chi connectivity index (χ1v) is 10.5. The van der Waals surface area contributed by atoms with Gasteiger partial charge in [-0.15, -0.1) is 11.3 Å². The molecule has 0 bridgehead atoms. The van der Waals surface area contributed by atoms with E-state index in [2.05, 4.69) is 4.72 Å². The van der Waals surface area contributed by atoms with Crippen LogP contribution in [0.3, 0.4) is 0 Å². The van der Waals surface area contributed by atoms with Crippen LogP contribution in [0.25, 0.3) is 0 Å². The number of ether oxygens (including phenoxy) is 1. The van der Waals surface area contributed by atoms with E-state index in [9.17, 15) is 13.2 Å². The Balaban J connectivity index is 1.60. The molecule has 128 valence electrons. The molecule has 1 aromatic rings. The largest absolute Gasteiger partial charge is 0.373 e. The minimum atomic E-state index is -3.22. The van der Waals surface area contributed by atoms with Gasteiger partial charge < -0.3 is 9.64 Å². The standard InChI is InChI=1S/C15H22N2O4S2/c1-23(19,20)16-12-4-7-21-15(10-12)5-6-17(11-15)14(18)9-13-3-2-8-22-13/h2-3,8,12,16H,4-7,9-11H2,1H3/t12-,15-/m0/s1. The maximum atomic E-state index is 12.4. The molecule has 0 aliphatic carbocycles. The van der Waals surface area contributed by atoms with Crippen LogP contribution < -0.4 is 4.72 Å². The molecule has 2 fully saturated rings. The Morgan fingerprint density at radius 3 is 3.09 bits per heavy atom. The molecule has 0 aromatic carbocycles. The zero-order valence-electron chi connectivity index (χ0n) is 13.2. The Labute approximate surface area is 140 Å². The van der Waals surface area contributed by atoms with E-state index >= 15 is 0 Å². The number of rotatable bonds is 4. The molecule has 2 atom stereocenters. The topological polar surface area (TPSA) is 75.7 Å². The third kappa shape index (κ3) is 4.32. The van der Waals surface area contributed by atoms with Crippen molar-refractivity contribution in [3.8, 4) is 0 Å². The Morgan fingerprint density at radius 1 is 1.57 bits per heavy atom. The van der Waals surface area contributed by atoms with Crippen LogP contribution in [0, 0.1) is 0 Å². The van der Waals surface area contributed by atoms with Gasteiger partial charge in [-0.2, -0.15) is 0 Å². The number of nitrogens with one attached hydrogen (secondary N) is 1. The molecule has 2 aliphatic rings. The van der Waals surface area contributed by atoms with Crippen LogP contribution in [0.2, 0.25) is 0 Å². The van der Waals surface area contributed by atoms with Gasteiger partial charge in [-0.05, 0) is 30.7 Å². The highest BCUT2D eigenvalue weighted by molar-refractivity contribution is 7.88. The predicted molar refractivity (Wildman–Crippen MR) is 88.9 cm³/mol. The quantitative estimate of drug-likeness (QED) is 0.871. The summed E-state index contributed by atoms with van der Waals surface area (Å²) in [7, 11) is -3.22. The van der Waals surface area contributed by atoms with Gasteiger partial charge in [0.25, 0.3) is 0 Å². The van der Waals surface area contributed by atoms with Gasteiger partial charge in [-0.1, -0.05) is 6.07 Å². The molecule has 1 N–H and O–H groups in total. The molecule has 0 unspecified atom stereocenters. The fourth-order valence-corrected chi connectivity index (χ4v) is 4.95. The van der Waals surface area contributed by atoms with Gasteiger partial charge in [-0.3, -0.25) is 4.79 Å². The molecule has 23 heavy (non-hydrogen) atoms. The van der Waals surface area contributed by atoms with Gasteiger partial charge in [0.05, 0.1) is 18.3 Å². The lowest BCUT2D eigenvalue weighted by molar-refractivity contribution is -0.132. The highest BCUT2D eigenvalue weighted by Crippen LogP contribution is 2.34. The average molecular weight is 358 g/mol. The van der Waals surface area contributed by atoms with E-state index in [1.807, 2.05) is 22.4 Å². The van der Waals surface area contributed by atoms with E-state index in [4.69, 9.17) is 4.74 Å². The minimum absolute atomic E-state index is 0.105. The number of amides is 1. The lowest BCUT2D eigenvalue weighted by Crippen LogP contribution is -2.50. The van der Waals surface area contributed by atoms with Crippen molar-refractivity contribution in [1.82, 2.24) is 9.62 Å². The molecule has 1 aromatic heterocycles. The van der Waals surface area contributed by atoms with E-state index in [1.165, 1.54) is 6.26 Å². The zero-order chi connectivity index (χ0) is 16.5. The molecule has 0 saturated carbocycles. The number of thiophene rings is 1. The Hall–Kier alpha value is -0.960. The second-order valence-electron chi connectivity index (χ2n) is 6.43. The van der Waals surface area contributed by atoms with Crippen molar-refractivity contribution in [2.24, 2.45) is 0 Å². The third-order valence-electron chi connectivity index (χ3n) is 4.45. The van der Waals surface area contributed by atoms with Crippen molar-refractivity contribution in [2.75, 3.05) is 26.0 Å². The number of hydrogen-bond donors (Lipinski definition) is 1. The molecule has 2 saturated heterocycles. The van der Waals surface area contributed by atoms with Crippen LogP contribution in [-0.4, -0.2) is 56.8 Å². The Bertz CT molecular complexity index is 659. The number of carbonyl (C=O) groups is 1. The second-order valence-corrected chi connectivity index (χ2v) is 9.24. The average Bonchev–Trinajstić information content (AvgIpc) is 3.07. The van der Waals surface area contributed by atoms with Crippen molar-refractivity contribution in [3.05, 3.63) is 22.4 Å². The molecule has 0 radical (unpaired) electrons. The van der Waals surface area contributed by atoms with Crippen LogP contribution in [0.4, 0.5) is 0 Å². The third-order valence-corrected chi connectivity index (χ3v) is 6.09. The van der Waals surface area contributed by atoms with Crippen LogP contribution in [-0.2, 0) is 26.0 Å². The fourth-order valence-electron chi connectivity index (χ4n) is 3.45. The summed E-state index contributed by atoms with van der Waals surface area (Å²) >= 11 is 1.59. The lowest BCUT2D eigenvalue weighted by atomic mass is 9.90. The summed E-state index contributed by atoms with van der Waals surface area (Å²) in [6.45, 7) is 1.76. The fraction of sp³-hybridized carbons (Fsp3) is 0.667. The molecule has 1 amide bonds. The van der Waals surface area contributed by atoms with Crippen LogP contribution in [0.15, 0.2) is 17.5 Å². The molecule has 3 rings (SSSR count). The first-order valence-electron chi connectivity index (χ1n) is 7.77. The normalized spacial score (nSPS) is 28.4. The van der Waals surface area contributed by atoms with Crippen molar-refractivity contribution in [1.29, 1.82) is 0 Å². The number of likely N-dealkylation sites (tertiary alicyclic amines) is 1. The van der Waals surface area contributed by atoms with Gasteiger partial charge in [-0.25, -0.2) is 13.1 Å². The van der Waals surface area contributed by atoms with E-state index < -0.39 is 15.6 Å². The van der Waals surface area contributed by atoms with E-state index in [-0.39, 0.29) is 11.9 Å². The van der Waals surface area contributed by atoms with E-state index in [0.29, 0.717) is 39.0 Å². The second kappa shape index (κ2) is 6.51. The first-order chi connectivity index (χ1) is 10.9. The van der Waals surface area contributed by atoms with Crippen LogP contribution in [0.5, 0.6) is 0 Å². The van der Waals surface area contributed by atoms with Gasteiger partial charge in [0, 0.05) is 30.6 Å². The summed E-state index contributed by atoms with van der Waals surface area (Å²) in [4.78, 5) is 15.3. The number of hydrogen-bond acceptors (Lipinski definition) is 5. The molecule has 8 heteroatoms. The number of nitrogens with zero attached hydrogens (tertiary/aromatic N) is 1. The monoisotopic (exact) mass is 358 g/mol. The van der Waals surface area contributed by atoms with Crippen molar-refractivity contribution >= 4 is 27.3 Å². The maximum Gasteiger partial charge on any atom is 0.227 e. The van der Waals surface area contributed by atoms with Crippen molar-refractivity contribution in [3.63, 3.8) is 0 Å². The summed E-state index contributed by atoms with van der Waals surface area (Å²) in [5, 5.41) is 1.97. The number of carbonyl (C=O) groups excluding carboxylic acids is 1. The van der Waals surface area contributed by atoms with Crippen LogP contribution >= 0.6 is 11.3 Å². The molecule has 1 spiro atoms. The zero-order valence-corrected chi connectivity index (χ0v) is 14.8. The Morgan fingerprint density at radius 2 is 2.39 bits per heavy atom. The summed E-state index contributed by atoms with van der Waals surface area (Å²) in [6.07, 6.45) is 3.69. The van der Waals surface area contributed by atoms with Crippen LogP contribution in [0.1, 0.15) is 24.1 Å². The summed E-state index contributed by atoms with van der Waals surface area (Å²) < 4.78 is 31.5. The van der Waals surface area contributed by atoms with Crippen molar-refractivity contribution in [2.45, 2.75) is 37.3 Å². The number of sulfonamides is 1. The smallest absolute Gasteiger partial charge is 0.227 e. The highest BCUT2D eigenvalue weighted by atomic mass is 32.2. The Kier molecular flexibility index (Phi) is 4.78. The van der Waals surface area contributed by atoms with E-state index in [0.717, 1.165) is 11.3 Å². The SMILES string of the molecule is CS(=O)(=O)N[C@H]1CCO[C@@]2(CCN(C(=O)Cc3cccs3)C2)C1. The lowest BCUT2D eigenvalue weighted by Gasteiger charge is -2.38. The van der Waals surface area contributed by atoms with E-state index in [1.54, 1.807) is 11.3 Å². The minimum Gasteiger partial charge on any atom is -0.373 e. The maximum absolute atomic E-state index is 12.4. The summed E-state index contributed by atoms with van der Waals surface area (Å²) in [6, 6.07) is 3.81. The predicted octanol–water partition coefficient (Wildman–Crippen LogP) is 0.990. The summed E-state index contributed by atoms with van der Waals surface area (Å²) in [5.74, 6) is 0.117. The first kappa shape index (κ1) is 16.9. The van der Waals surface area contributed by atoms with Gasteiger partial charge in [0.2, 0.25) is 15.9 Å². The molecular weight excluding hydrogens is 336 g/mol. The van der Waals surface area contributed by atoms with Gasteiger partial charge >= 0.3 is 0 Å². The molecule has 2 aliphatic heterocycles.